The molecule has 0 fully saturated rings. The van der Waals surface area contributed by atoms with Crippen molar-refractivity contribution in [2.75, 3.05) is 6.54 Å². The maximum atomic E-state index is 11.8. The molecule has 0 spiro atoms. The molecule has 1 atom stereocenters. The van der Waals surface area contributed by atoms with Crippen molar-refractivity contribution in [1.82, 2.24) is 15.1 Å². The van der Waals surface area contributed by atoms with Crippen LogP contribution in [0.3, 0.4) is 0 Å². The van der Waals surface area contributed by atoms with E-state index in [0.29, 0.717) is 6.42 Å². The molecule has 1 rings (SSSR count). The second kappa shape index (κ2) is 6.70. The van der Waals surface area contributed by atoms with E-state index in [1.807, 2.05) is 27.8 Å². The third kappa shape index (κ3) is 4.49. The minimum Gasteiger partial charge on any atom is -0.388 e. The van der Waals surface area contributed by atoms with Gasteiger partial charge in [0.15, 0.2) is 0 Å². The quantitative estimate of drug-likeness (QED) is 0.779. The molecule has 0 radical (unpaired) electrons. The molecular formula is C15H25N3O2. The Kier molecular flexibility index (Phi) is 5.51. The summed E-state index contributed by atoms with van der Waals surface area (Å²) >= 11 is 0. The van der Waals surface area contributed by atoms with Crippen LogP contribution in [0.15, 0.2) is 6.08 Å². The molecule has 2 N–H and O–H groups in total. The Bertz CT molecular complexity index is 501. The molecule has 1 aromatic rings. The first-order valence-corrected chi connectivity index (χ1v) is 6.95. The van der Waals surface area contributed by atoms with E-state index in [9.17, 15) is 9.90 Å². The highest BCUT2D eigenvalue weighted by atomic mass is 16.3. The number of aromatic nitrogens is 2. The van der Waals surface area contributed by atoms with Gasteiger partial charge in [-0.3, -0.25) is 9.48 Å². The Morgan fingerprint density at radius 1 is 1.50 bits per heavy atom. The van der Waals surface area contributed by atoms with Gasteiger partial charge in [-0.05, 0) is 33.3 Å². The van der Waals surface area contributed by atoms with Crippen molar-refractivity contribution in [3.8, 4) is 0 Å². The molecule has 0 saturated carbocycles. The van der Waals surface area contributed by atoms with Crippen LogP contribution in [-0.2, 0) is 11.8 Å². The summed E-state index contributed by atoms with van der Waals surface area (Å²) in [6.45, 7) is 7.87. The van der Waals surface area contributed by atoms with E-state index in [-0.39, 0.29) is 12.5 Å². The lowest BCUT2D eigenvalue weighted by atomic mass is 10.0. The number of hydrogen-bond donors (Lipinski definition) is 2. The van der Waals surface area contributed by atoms with E-state index < -0.39 is 5.60 Å². The summed E-state index contributed by atoms with van der Waals surface area (Å²) in [6.07, 6.45) is 4.80. The molecule has 1 aromatic heterocycles. The molecule has 1 amide bonds. The molecule has 1 unspecified atom stereocenters. The van der Waals surface area contributed by atoms with Crippen molar-refractivity contribution in [2.24, 2.45) is 7.05 Å². The highest BCUT2D eigenvalue weighted by Gasteiger charge is 2.19. The average Bonchev–Trinajstić information content (AvgIpc) is 2.59. The maximum absolute atomic E-state index is 11.8. The Hall–Kier alpha value is -1.62. The highest BCUT2D eigenvalue weighted by Crippen LogP contribution is 2.13. The van der Waals surface area contributed by atoms with Gasteiger partial charge in [-0.25, -0.2) is 0 Å². The van der Waals surface area contributed by atoms with Crippen molar-refractivity contribution in [3.05, 3.63) is 23.0 Å². The first kappa shape index (κ1) is 16.4. The number of nitrogens with one attached hydrogen (secondary N) is 1. The molecule has 0 aliphatic heterocycles. The van der Waals surface area contributed by atoms with E-state index >= 15 is 0 Å². The fourth-order valence-electron chi connectivity index (χ4n) is 2.15. The fraction of sp³-hybridized carbons (Fsp3) is 0.600. The van der Waals surface area contributed by atoms with Gasteiger partial charge in [0.25, 0.3) is 0 Å². The number of rotatable bonds is 6. The first-order valence-electron chi connectivity index (χ1n) is 6.95. The van der Waals surface area contributed by atoms with Crippen molar-refractivity contribution < 1.29 is 9.90 Å². The molecule has 0 aliphatic rings. The summed E-state index contributed by atoms with van der Waals surface area (Å²) in [4.78, 5) is 11.8. The zero-order chi connectivity index (χ0) is 15.3. The second-order valence-electron chi connectivity index (χ2n) is 5.51. The lowest BCUT2D eigenvalue weighted by Crippen LogP contribution is -2.39. The van der Waals surface area contributed by atoms with Crippen LogP contribution in [0.4, 0.5) is 0 Å². The van der Waals surface area contributed by atoms with Crippen molar-refractivity contribution in [3.63, 3.8) is 0 Å². The second-order valence-corrected chi connectivity index (χ2v) is 5.51. The molecule has 0 aromatic carbocycles. The topological polar surface area (TPSA) is 67.2 Å². The number of aryl methyl sites for hydroxylation is 2. The third-order valence-corrected chi connectivity index (χ3v) is 3.40. The normalized spacial score (nSPS) is 14.5. The van der Waals surface area contributed by atoms with Crippen LogP contribution in [0.25, 0.3) is 6.08 Å². The number of carbonyl (C=O) groups excluding carboxylic acids is 1. The van der Waals surface area contributed by atoms with E-state index in [1.54, 1.807) is 17.7 Å². The van der Waals surface area contributed by atoms with E-state index in [0.717, 1.165) is 23.4 Å². The van der Waals surface area contributed by atoms with Gasteiger partial charge < -0.3 is 10.4 Å². The number of carbonyl (C=O) groups is 1. The van der Waals surface area contributed by atoms with E-state index in [1.165, 1.54) is 6.08 Å². The third-order valence-electron chi connectivity index (χ3n) is 3.40. The number of hydrogen-bond acceptors (Lipinski definition) is 3. The summed E-state index contributed by atoms with van der Waals surface area (Å²) in [5, 5.41) is 17.0. The van der Waals surface area contributed by atoms with E-state index in [4.69, 9.17) is 0 Å². The Balaban J connectivity index is 2.60. The minimum atomic E-state index is -0.849. The van der Waals surface area contributed by atoms with Crippen LogP contribution < -0.4 is 5.32 Å². The average molecular weight is 279 g/mol. The minimum absolute atomic E-state index is 0.205. The summed E-state index contributed by atoms with van der Waals surface area (Å²) < 4.78 is 1.79. The van der Waals surface area contributed by atoms with E-state index in [2.05, 4.69) is 10.4 Å². The predicted octanol–water partition coefficient (Wildman–Crippen LogP) is 1.72. The first-order chi connectivity index (χ1) is 9.26. The van der Waals surface area contributed by atoms with Crippen LogP contribution in [0.2, 0.25) is 0 Å². The lowest BCUT2D eigenvalue weighted by Gasteiger charge is -2.22. The maximum Gasteiger partial charge on any atom is 0.244 e. The smallest absolute Gasteiger partial charge is 0.244 e. The van der Waals surface area contributed by atoms with Gasteiger partial charge >= 0.3 is 0 Å². The highest BCUT2D eigenvalue weighted by molar-refractivity contribution is 5.92. The van der Waals surface area contributed by atoms with Gasteiger partial charge in [-0.1, -0.05) is 13.3 Å². The van der Waals surface area contributed by atoms with Gasteiger partial charge in [-0.2, -0.15) is 5.10 Å². The van der Waals surface area contributed by atoms with Crippen LogP contribution in [-0.4, -0.2) is 32.9 Å². The monoisotopic (exact) mass is 279 g/mol. The molecular weight excluding hydrogens is 254 g/mol. The SMILES string of the molecule is CCCC(C)(O)CNC(=O)/C=C/c1c(C)nn(C)c1C. The van der Waals surface area contributed by atoms with Crippen LogP contribution in [0, 0.1) is 13.8 Å². The molecule has 0 saturated heterocycles. The van der Waals surface area contributed by atoms with Crippen LogP contribution in [0.5, 0.6) is 0 Å². The lowest BCUT2D eigenvalue weighted by molar-refractivity contribution is -0.117. The molecule has 112 valence electrons. The Morgan fingerprint density at radius 3 is 2.65 bits per heavy atom. The predicted molar refractivity (Wildman–Crippen MR) is 80.3 cm³/mol. The van der Waals surface area contributed by atoms with Gasteiger partial charge in [-0.15, -0.1) is 0 Å². The van der Waals surface area contributed by atoms with Crippen LogP contribution >= 0.6 is 0 Å². The standard InChI is InChI=1S/C15H25N3O2/c1-6-9-15(4,20)10-16-14(19)8-7-13-11(2)17-18(5)12(13)3/h7-8,20H,6,9-10H2,1-5H3,(H,16,19)/b8-7+. The molecule has 0 bridgehead atoms. The largest absolute Gasteiger partial charge is 0.388 e. The van der Waals surface area contributed by atoms with Gasteiger partial charge in [0.2, 0.25) is 5.91 Å². The summed E-state index contributed by atoms with van der Waals surface area (Å²) in [7, 11) is 1.88. The van der Waals surface area contributed by atoms with Crippen molar-refractivity contribution in [1.29, 1.82) is 0 Å². The molecule has 5 nitrogen and oxygen atoms in total. The van der Waals surface area contributed by atoms with Gasteiger partial charge in [0, 0.05) is 30.9 Å². The molecule has 1 heterocycles. The molecule has 20 heavy (non-hydrogen) atoms. The van der Waals surface area contributed by atoms with Crippen molar-refractivity contribution in [2.45, 2.75) is 46.1 Å². The number of nitrogens with zero attached hydrogens (tertiary/aromatic N) is 2. The van der Waals surface area contributed by atoms with Crippen LogP contribution in [0.1, 0.15) is 43.6 Å². The Morgan fingerprint density at radius 2 is 2.15 bits per heavy atom. The Labute approximate surface area is 120 Å². The zero-order valence-electron chi connectivity index (χ0n) is 13.0. The molecule has 0 aliphatic carbocycles. The summed E-state index contributed by atoms with van der Waals surface area (Å²) in [5.74, 6) is -0.205. The summed E-state index contributed by atoms with van der Waals surface area (Å²) in [5.41, 5.74) is 2.03. The fourth-order valence-corrected chi connectivity index (χ4v) is 2.15. The van der Waals surface area contributed by atoms with Gasteiger partial charge in [0.05, 0.1) is 11.3 Å². The molecule has 5 heteroatoms. The number of amides is 1. The number of aliphatic hydroxyl groups is 1. The van der Waals surface area contributed by atoms with Gasteiger partial charge in [0.1, 0.15) is 0 Å². The summed E-state index contributed by atoms with van der Waals surface area (Å²) in [6, 6.07) is 0. The van der Waals surface area contributed by atoms with Crippen molar-refractivity contribution >= 4 is 12.0 Å². The zero-order valence-corrected chi connectivity index (χ0v) is 13.0.